The second-order valence-corrected chi connectivity index (χ2v) is 4.93. The lowest BCUT2D eigenvalue weighted by Crippen LogP contribution is -2.57. The van der Waals surface area contributed by atoms with Crippen LogP contribution in [-0.4, -0.2) is 24.8 Å². The maximum atomic E-state index is 5.83. The number of hydrogen-bond donors (Lipinski definition) is 1. The lowest BCUT2D eigenvalue weighted by molar-refractivity contribution is -0.0851. The van der Waals surface area contributed by atoms with E-state index in [1.807, 2.05) is 0 Å². The summed E-state index contributed by atoms with van der Waals surface area (Å²) < 4.78 is 5.83. The Bertz CT molecular complexity index is 173. The highest BCUT2D eigenvalue weighted by Crippen LogP contribution is 2.34. The molecule has 76 valence electrons. The summed E-state index contributed by atoms with van der Waals surface area (Å²) in [5.74, 6) is 0.857. The molecule has 0 aromatic heterocycles. The van der Waals surface area contributed by atoms with Gasteiger partial charge in [-0.05, 0) is 32.6 Å². The Kier molecular flexibility index (Phi) is 2.61. The molecule has 2 rings (SSSR count). The second kappa shape index (κ2) is 3.58. The van der Waals surface area contributed by atoms with Crippen LogP contribution in [0.15, 0.2) is 0 Å². The van der Waals surface area contributed by atoms with Crippen molar-refractivity contribution >= 4 is 0 Å². The minimum absolute atomic E-state index is 0.0489. The monoisotopic (exact) mass is 183 g/mol. The number of morpholine rings is 1. The molecule has 1 aliphatic carbocycles. The van der Waals surface area contributed by atoms with Gasteiger partial charge in [-0.1, -0.05) is 12.8 Å². The van der Waals surface area contributed by atoms with Crippen LogP contribution in [0, 0.1) is 5.92 Å². The SMILES string of the molecule is CC1(C)OCCNC1C1CCCC1. The van der Waals surface area contributed by atoms with Gasteiger partial charge in [-0.25, -0.2) is 0 Å². The highest BCUT2D eigenvalue weighted by Gasteiger charge is 2.39. The van der Waals surface area contributed by atoms with E-state index in [-0.39, 0.29) is 5.60 Å². The van der Waals surface area contributed by atoms with Crippen molar-refractivity contribution in [2.24, 2.45) is 5.92 Å². The van der Waals surface area contributed by atoms with E-state index in [1.165, 1.54) is 25.7 Å². The molecule has 0 radical (unpaired) electrons. The first-order valence-electron chi connectivity index (χ1n) is 5.57. The van der Waals surface area contributed by atoms with Crippen LogP contribution in [0.2, 0.25) is 0 Å². The average Bonchev–Trinajstić information content (AvgIpc) is 2.55. The Labute approximate surface area is 81.0 Å². The first kappa shape index (κ1) is 9.47. The molecule has 0 aromatic rings. The minimum atomic E-state index is 0.0489. The van der Waals surface area contributed by atoms with Gasteiger partial charge in [-0.3, -0.25) is 0 Å². The van der Waals surface area contributed by atoms with Crippen LogP contribution >= 0.6 is 0 Å². The fourth-order valence-corrected chi connectivity index (χ4v) is 2.89. The fourth-order valence-electron chi connectivity index (χ4n) is 2.89. The summed E-state index contributed by atoms with van der Waals surface area (Å²) in [6.45, 7) is 6.35. The zero-order chi connectivity index (χ0) is 9.31. The molecule has 2 nitrogen and oxygen atoms in total. The molecule has 1 atom stereocenters. The highest BCUT2D eigenvalue weighted by atomic mass is 16.5. The van der Waals surface area contributed by atoms with Gasteiger partial charge in [0.15, 0.2) is 0 Å². The Morgan fingerprint density at radius 3 is 2.54 bits per heavy atom. The van der Waals surface area contributed by atoms with E-state index >= 15 is 0 Å². The predicted octanol–water partition coefficient (Wildman–Crippen LogP) is 1.94. The van der Waals surface area contributed by atoms with Crippen molar-refractivity contribution in [3.63, 3.8) is 0 Å². The summed E-state index contributed by atoms with van der Waals surface area (Å²) in [6, 6.07) is 0.587. The van der Waals surface area contributed by atoms with Gasteiger partial charge in [0.05, 0.1) is 12.2 Å². The smallest absolute Gasteiger partial charge is 0.0782 e. The Morgan fingerprint density at radius 2 is 1.92 bits per heavy atom. The summed E-state index contributed by atoms with van der Waals surface area (Å²) in [4.78, 5) is 0. The third kappa shape index (κ3) is 1.89. The predicted molar refractivity (Wildman–Crippen MR) is 53.8 cm³/mol. The largest absolute Gasteiger partial charge is 0.373 e. The van der Waals surface area contributed by atoms with Crippen molar-refractivity contribution in [3.8, 4) is 0 Å². The average molecular weight is 183 g/mol. The van der Waals surface area contributed by atoms with Gasteiger partial charge in [0.25, 0.3) is 0 Å². The normalized spacial score (nSPS) is 35.1. The van der Waals surface area contributed by atoms with Crippen LogP contribution in [0.25, 0.3) is 0 Å². The molecule has 0 aromatic carbocycles. The van der Waals surface area contributed by atoms with Crippen molar-refractivity contribution in [2.75, 3.05) is 13.2 Å². The van der Waals surface area contributed by atoms with E-state index in [1.54, 1.807) is 0 Å². The summed E-state index contributed by atoms with van der Waals surface area (Å²) in [5, 5.41) is 3.63. The quantitative estimate of drug-likeness (QED) is 0.671. The van der Waals surface area contributed by atoms with Crippen LogP contribution in [0.3, 0.4) is 0 Å². The van der Waals surface area contributed by atoms with Crippen molar-refractivity contribution in [2.45, 2.75) is 51.2 Å². The van der Waals surface area contributed by atoms with Crippen molar-refractivity contribution in [1.29, 1.82) is 0 Å². The second-order valence-electron chi connectivity index (χ2n) is 4.93. The van der Waals surface area contributed by atoms with Crippen molar-refractivity contribution in [3.05, 3.63) is 0 Å². The minimum Gasteiger partial charge on any atom is -0.373 e. The topological polar surface area (TPSA) is 21.3 Å². The molecule has 2 heteroatoms. The Balaban J connectivity index is 2.02. The van der Waals surface area contributed by atoms with E-state index in [0.717, 1.165) is 19.1 Å². The standard InChI is InChI=1S/C11H21NO/c1-11(2)10(12-7-8-13-11)9-5-3-4-6-9/h9-10,12H,3-8H2,1-2H3. The molecule has 1 saturated carbocycles. The zero-order valence-corrected chi connectivity index (χ0v) is 8.81. The molecular formula is C11H21NO. The van der Waals surface area contributed by atoms with Gasteiger partial charge < -0.3 is 10.1 Å². The van der Waals surface area contributed by atoms with Crippen LogP contribution in [0.5, 0.6) is 0 Å². The number of nitrogens with one attached hydrogen (secondary N) is 1. The highest BCUT2D eigenvalue weighted by molar-refractivity contribution is 4.94. The molecular weight excluding hydrogens is 162 g/mol. The maximum Gasteiger partial charge on any atom is 0.0782 e. The lowest BCUT2D eigenvalue weighted by atomic mass is 9.85. The van der Waals surface area contributed by atoms with Gasteiger partial charge in [-0.2, -0.15) is 0 Å². The van der Waals surface area contributed by atoms with Crippen molar-refractivity contribution < 1.29 is 4.74 Å². The molecule has 1 N–H and O–H groups in total. The molecule has 2 aliphatic rings. The molecule has 0 amide bonds. The first-order valence-corrected chi connectivity index (χ1v) is 5.57. The molecule has 13 heavy (non-hydrogen) atoms. The molecule has 1 saturated heterocycles. The van der Waals surface area contributed by atoms with Gasteiger partial charge in [0.2, 0.25) is 0 Å². The third-order valence-corrected chi connectivity index (χ3v) is 3.56. The van der Waals surface area contributed by atoms with Crippen LogP contribution in [0.4, 0.5) is 0 Å². The zero-order valence-electron chi connectivity index (χ0n) is 8.81. The van der Waals surface area contributed by atoms with Gasteiger partial charge in [-0.15, -0.1) is 0 Å². The maximum absolute atomic E-state index is 5.83. The molecule has 0 bridgehead atoms. The molecule has 1 aliphatic heterocycles. The van der Waals surface area contributed by atoms with Gasteiger partial charge in [0.1, 0.15) is 0 Å². The van der Waals surface area contributed by atoms with E-state index in [4.69, 9.17) is 4.74 Å². The van der Waals surface area contributed by atoms with Crippen LogP contribution in [-0.2, 0) is 4.74 Å². The number of ether oxygens (including phenoxy) is 1. The summed E-state index contributed by atoms with van der Waals surface area (Å²) in [7, 11) is 0. The van der Waals surface area contributed by atoms with Crippen molar-refractivity contribution in [1.82, 2.24) is 5.32 Å². The molecule has 1 unspecified atom stereocenters. The van der Waals surface area contributed by atoms with E-state index < -0.39 is 0 Å². The van der Waals surface area contributed by atoms with E-state index in [0.29, 0.717) is 6.04 Å². The summed E-state index contributed by atoms with van der Waals surface area (Å²) in [6.07, 6.45) is 5.62. The summed E-state index contributed by atoms with van der Waals surface area (Å²) >= 11 is 0. The van der Waals surface area contributed by atoms with E-state index in [2.05, 4.69) is 19.2 Å². The fraction of sp³-hybridized carbons (Fsp3) is 1.00. The summed E-state index contributed by atoms with van der Waals surface area (Å²) in [5.41, 5.74) is 0.0489. The lowest BCUT2D eigenvalue weighted by Gasteiger charge is -2.42. The Morgan fingerprint density at radius 1 is 1.23 bits per heavy atom. The Hall–Kier alpha value is -0.0800. The first-order chi connectivity index (χ1) is 6.20. The van der Waals surface area contributed by atoms with E-state index in [9.17, 15) is 0 Å². The van der Waals surface area contributed by atoms with Gasteiger partial charge >= 0.3 is 0 Å². The number of hydrogen-bond acceptors (Lipinski definition) is 2. The molecule has 0 spiro atoms. The van der Waals surface area contributed by atoms with Crippen LogP contribution in [0.1, 0.15) is 39.5 Å². The number of rotatable bonds is 1. The third-order valence-electron chi connectivity index (χ3n) is 3.56. The van der Waals surface area contributed by atoms with Gasteiger partial charge in [0, 0.05) is 12.6 Å². The molecule has 2 fully saturated rings. The molecule has 1 heterocycles. The van der Waals surface area contributed by atoms with Crippen LogP contribution < -0.4 is 5.32 Å².